The van der Waals surface area contributed by atoms with Crippen molar-refractivity contribution in [3.05, 3.63) is 41.9 Å². The fourth-order valence-electron chi connectivity index (χ4n) is 4.12. The Morgan fingerprint density at radius 3 is 2.88 bits per heavy atom. The van der Waals surface area contributed by atoms with E-state index < -0.39 is 0 Å². The largest absolute Gasteiger partial charge is 0.472 e. The van der Waals surface area contributed by atoms with Crippen molar-refractivity contribution < 1.29 is 13.9 Å². The van der Waals surface area contributed by atoms with Crippen molar-refractivity contribution in [3.8, 4) is 0 Å². The van der Waals surface area contributed by atoms with Crippen LogP contribution < -0.4 is 0 Å². The molecule has 0 bridgehead atoms. The SMILES string of the molecule is Cc1cnc(C2CCOCC2)n1C1CCCN(C(=O)c2ccoc2)C1. The first-order valence-electron chi connectivity index (χ1n) is 9.17. The van der Waals surface area contributed by atoms with Gasteiger partial charge >= 0.3 is 0 Å². The smallest absolute Gasteiger partial charge is 0.257 e. The molecule has 2 aromatic heterocycles. The van der Waals surface area contributed by atoms with Crippen molar-refractivity contribution >= 4 is 5.91 Å². The van der Waals surface area contributed by atoms with Gasteiger partial charge in [-0.05, 0) is 38.7 Å². The highest BCUT2D eigenvalue weighted by molar-refractivity contribution is 5.93. The van der Waals surface area contributed by atoms with Crippen LogP contribution in [0.15, 0.2) is 29.2 Å². The molecule has 0 saturated carbocycles. The standard InChI is InChI=1S/C19H25N3O3/c1-14-11-20-18(15-4-8-24-9-5-15)22(14)17-3-2-7-21(12-17)19(23)16-6-10-25-13-16/h6,10-11,13,15,17H,2-5,7-9,12H2,1H3. The number of aromatic nitrogens is 2. The minimum atomic E-state index is 0.0591. The highest BCUT2D eigenvalue weighted by atomic mass is 16.5. The van der Waals surface area contributed by atoms with Crippen LogP contribution in [0, 0.1) is 6.92 Å². The molecule has 1 unspecified atom stereocenters. The zero-order valence-corrected chi connectivity index (χ0v) is 14.7. The minimum absolute atomic E-state index is 0.0591. The van der Waals surface area contributed by atoms with Gasteiger partial charge in [-0.1, -0.05) is 0 Å². The molecular formula is C19H25N3O3. The fraction of sp³-hybridized carbons (Fsp3) is 0.579. The third-order valence-electron chi connectivity index (χ3n) is 5.41. The van der Waals surface area contributed by atoms with Crippen molar-refractivity contribution in [1.82, 2.24) is 14.5 Å². The number of hydrogen-bond donors (Lipinski definition) is 0. The van der Waals surface area contributed by atoms with Gasteiger partial charge in [0.2, 0.25) is 0 Å². The molecule has 2 saturated heterocycles. The van der Waals surface area contributed by atoms with E-state index in [0.29, 0.717) is 17.5 Å². The van der Waals surface area contributed by atoms with Gasteiger partial charge in [-0.3, -0.25) is 4.79 Å². The Kier molecular flexibility index (Phi) is 4.61. The summed E-state index contributed by atoms with van der Waals surface area (Å²) in [6.07, 6.45) is 9.21. The normalized spacial score (nSPS) is 22.3. The van der Waals surface area contributed by atoms with E-state index in [1.807, 2.05) is 11.1 Å². The van der Waals surface area contributed by atoms with E-state index in [0.717, 1.165) is 52.0 Å². The summed E-state index contributed by atoms with van der Waals surface area (Å²) in [7, 11) is 0. The Balaban J connectivity index is 1.55. The summed E-state index contributed by atoms with van der Waals surface area (Å²) in [6.45, 7) is 5.28. The van der Waals surface area contributed by atoms with E-state index in [4.69, 9.17) is 14.1 Å². The predicted molar refractivity (Wildman–Crippen MR) is 92.6 cm³/mol. The first-order valence-corrected chi connectivity index (χ1v) is 9.17. The molecule has 1 amide bonds. The van der Waals surface area contributed by atoms with Gasteiger partial charge in [0, 0.05) is 44.1 Å². The van der Waals surface area contributed by atoms with E-state index >= 15 is 0 Å². The number of amides is 1. The number of furan rings is 1. The third kappa shape index (κ3) is 3.23. The highest BCUT2D eigenvalue weighted by Crippen LogP contribution is 2.32. The summed E-state index contributed by atoms with van der Waals surface area (Å²) in [5.74, 6) is 1.69. The predicted octanol–water partition coefficient (Wildman–Crippen LogP) is 3.16. The molecule has 2 aliphatic rings. The van der Waals surface area contributed by atoms with Crippen LogP contribution >= 0.6 is 0 Å². The molecule has 0 aliphatic carbocycles. The molecule has 2 aromatic rings. The lowest BCUT2D eigenvalue weighted by Crippen LogP contribution is -2.41. The summed E-state index contributed by atoms with van der Waals surface area (Å²) in [4.78, 5) is 19.3. The molecule has 2 aliphatic heterocycles. The van der Waals surface area contributed by atoms with Gasteiger partial charge in [0.1, 0.15) is 12.1 Å². The monoisotopic (exact) mass is 343 g/mol. The van der Waals surface area contributed by atoms with E-state index in [1.54, 1.807) is 12.3 Å². The lowest BCUT2D eigenvalue weighted by Gasteiger charge is -2.35. The van der Waals surface area contributed by atoms with Crippen LogP contribution in [0.3, 0.4) is 0 Å². The maximum absolute atomic E-state index is 12.7. The molecule has 0 spiro atoms. The van der Waals surface area contributed by atoms with Crippen LogP contribution in [0.2, 0.25) is 0 Å². The van der Waals surface area contributed by atoms with Gasteiger partial charge in [0.05, 0.1) is 17.9 Å². The summed E-state index contributed by atoms with van der Waals surface area (Å²) in [6, 6.07) is 2.03. The lowest BCUT2D eigenvalue weighted by molar-refractivity contribution is 0.0666. The Morgan fingerprint density at radius 1 is 1.28 bits per heavy atom. The fourth-order valence-corrected chi connectivity index (χ4v) is 4.12. The van der Waals surface area contributed by atoms with Crippen molar-refractivity contribution in [2.45, 2.75) is 44.6 Å². The first-order chi connectivity index (χ1) is 12.2. The number of ether oxygens (including phenoxy) is 1. The van der Waals surface area contributed by atoms with Crippen LogP contribution in [-0.2, 0) is 4.74 Å². The number of rotatable bonds is 3. The number of carbonyl (C=O) groups excluding carboxylic acids is 1. The summed E-state index contributed by atoms with van der Waals surface area (Å²) >= 11 is 0. The number of imidazole rings is 1. The molecule has 1 atom stereocenters. The van der Waals surface area contributed by atoms with Crippen LogP contribution in [0.4, 0.5) is 0 Å². The molecule has 2 fully saturated rings. The number of hydrogen-bond acceptors (Lipinski definition) is 4. The van der Waals surface area contributed by atoms with Crippen molar-refractivity contribution in [2.24, 2.45) is 0 Å². The van der Waals surface area contributed by atoms with E-state index in [1.165, 1.54) is 17.8 Å². The molecule has 6 heteroatoms. The zero-order valence-electron chi connectivity index (χ0n) is 14.7. The van der Waals surface area contributed by atoms with Crippen LogP contribution in [0.5, 0.6) is 0 Å². The summed E-state index contributed by atoms with van der Waals surface area (Å²) in [5.41, 5.74) is 1.82. The molecule has 0 N–H and O–H groups in total. The first kappa shape index (κ1) is 16.4. The molecule has 4 rings (SSSR count). The number of likely N-dealkylation sites (tertiary alicyclic amines) is 1. The quantitative estimate of drug-likeness (QED) is 0.859. The Morgan fingerprint density at radius 2 is 2.12 bits per heavy atom. The Labute approximate surface area is 147 Å². The molecule has 25 heavy (non-hydrogen) atoms. The molecule has 6 nitrogen and oxygen atoms in total. The van der Waals surface area contributed by atoms with Gasteiger partial charge in [-0.2, -0.15) is 0 Å². The maximum Gasteiger partial charge on any atom is 0.257 e. The lowest BCUT2D eigenvalue weighted by atomic mass is 9.97. The third-order valence-corrected chi connectivity index (χ3v) is 5.41. The highest BCUT2D eigenvalue weighted by Gasteiger charge is 2.30. The molecular weight excluding hydrogens is 318 g/mol. The minimum Gasteiger partial charge on any atom is -0.472 e. The molecule has 0 aromatic carbocycles. The second kappa shape index (κ2) is 7.04. The second-order valence-corrected chi connectivity index (χ2v) is 7.07. The van der Waals surface area contributed by atoms with E-state index in [-0.39, 0.29) is 5.91 Å². The molecule has 4 heterocycles. The summed E-state index contributed by atoms with van der Waals surface area (Å²) in [5, 5.41) is 0. The van der Waals surface area contributed by atoms with Gasteiger partial charge in [0.25, 0.3) is 5.91 Å². The van der Waals surface area contributed by atoms with E-state index in [2.05, 4.69) is 11.5 Å². The van der Waals surface area contributed by atoms with Gasteiger partial charge in [-0.25, -0.2) is 4.98 Å². The second-order valence-electron chi connectivity index (χ2n) is 7.07. The zero-order chi connectivity index (χ0) is 17.2. The van der Waals surface area contributed by atoms with Crippen LogP contribution in [0.1, 0.15) is 59.5 Å². The maximum atomic E-state index is 12.7. The number of aryl methyl sites for hydroxylation is 1. The molecule has 134 valence electrons. The Bertz CT molecular complexity index is 716. The molecule has 0 radical (unpaired) electrons. The summed E-state index contributed by atoms with van der Waals surface area (Å²) < 4.78 is 13.0. The van der Waals surface area contributed by atoms with Gasteiger partial charge in [0.15, 0.2) is 0 Å². The number of piperidine rings is 1. The van der Waals surface area contributed by atoms with Crippen LogP contribution in [-0.4, -0.2) is 46.7 Å². The Hall–Kier alpha value is -2.08. The topological polar surface area (TPSA) is 60.5 Å². The van der Waals surface area contributed by atoms with Crippen molar-refractivity contribution in [2.75, 3.05) is 26.3 Å². The van der Waals surface area contributed by atoms with Crippen molar-refractivity contribution in [3.63, 3.8) is 0 Å². The van der Waals surface area contributed by atoms with Crippen LogP contribution in [0.25, 0.3) is 0 Å². The average molecular weight is 343 g/mol. The van der Waals surface area contributed by atoms with Crippen molar-refractivity contribution in [1.29, 1.82) is 0 Å². The average Bonchev–Trinajstić information content (AvgIpc) is 3.32. The number of carbonyl (C=O) groups is 1. The number of nitrogens with zero attached hydrogens (tertiary/aromatic N) is 3. The van der Waals surface area contributed by atoms with Gasteiger partial charge in [-0.15, -0.1) is 0 Å². The van der Waals surface area contributed by atoms with Gasteiger partial charge < -0.3 is 18.6 Å². The van der Waals surface area contributed by atoms with E-state index in [9.17, 15) is 4.79 Å².